The Labute approximate surface area is 325 Å². The largest absolute Gasteiger partial charge is 0.456 e. The van der Waals surface area contributed by atoms with E-state index in [-0.39, 0.29) is 0 Å². The highest BCUT2D eigenvalue weighted by molar-refractivity contribution is 7.26. The minimum absolute atomic E-state index is 0.603. The van der Waals surface area contributed by atoms with Crippen LogP contribution in [0.15, 0.2) is 180 Å². The molecule has 3 heterocycles. The first-order chi connectivity index (χ1) is 27.7. The standard InChI is InChI=1S/C51H29N3OS/c1-2-11-30(12-3-1)49-52-50(32-22-25-41-40-17-8-9-20-45(40)55-46(41)28-32)54-51(53-49)33-23-26-42-43-19-10-18-34(48(43)56-47(42)29-33)31-21-24-39-37-15-5-4-13-35(37)36-14-6-7-16-38(36)44(39)27-31/h1-29H. The molecule has 4 nitrogen and oxygen atoms in total. The maximum atomic E-state index is 6.25. The molecule has 0 aliphatic rings. The summed E-state index contributed by atoms with van der Waals surface area (Å²) in [5, 5.41) is 12.3. The molecule has 0 radical (unpaired) electrons. The van der Waals surface area contributed by atoms with Crippen molar-refractivity contribution in [2.75, 3.05) is 0 Å². The summed E-state index contributed by atoms with van der Waals surface area (Å²) in [5.74, 6) is 1.86. The molecular formula is C51H29N3OS. The van der Waals surface area contributed by atoms with E-state index < -0.39 is 0 Å². The number of furan rings is 1. The third kappa shape index (κ3) is 4.81. The SMILES string of the molecule is c1ccc(-c2nc(-c3ccc4c(c3)oc3ccccc34)nc(-c3ccc4c(c3)sc3c(-c5ccc6c7ccccc7c7ccccc7c6c5)cccc34)n2)cc1. The van der Waals surface area contributed by atoms with E-state index in [2.05, 4.69) is 121 Å². The van der Waals surface area contributed by atoms with Crippen molar-refractivity contribution < 1.29 is 4.42 Å². The average Bonchev–Trinajstić information content (AvgIpc) is 3.84. The lowest BCUT2D eigenvalue weighted by Crippen LogP contribution is -2.00. The molecule has 56 heavy (non-hydrogen) atoms. The van der Waals surface area contributed by atoms with E-state index in [1.54, 1.807) is 0 Å². The molecule has 0 N–H and O–H groups in total. The van der Waals surface area contributed by atoms with Crippen molar-refractivity contribution in [3.63, 3.8) is 0 Å². The molecule has 0 unspecified atom stereocenters. The van der Waals surface area contributed by atoms with Gasteiger partial charge in [-0.2, -0.15) is 0 Å². The molecule has 9 aromatic carbocycles. The number of hydrogen-bond donors (Lipinski definition) is 0. The lowest BCUT2D eigenvalue weighted by atomic mass is 9.92. The van der Waals surface area contributed by atoms with Crippen molar-refractivity contribution in [2.24, 2.45) is 0 Å². The summed E-state index contributed by atoms with van der Waals surface area (Å²) in [7, 11) is 0. The Bertz CT molecular complexity index is 3510. The summed E-state index contributed by atoms with van der Waals surface area (Å²) in [6, 6.07) is 62.2. The van der Waals surface area contributed by atoms with Crippen LogP contribution in [-0.4, -0.2) is 15.0 Å². The van der Waals surface area contributed by atoms with Gasteiger partial charge in [0, 0.05) is 47.6 Å². The Morgan fingerprint density at radius 2 is 0.839 bits per heavy atom. The number of thiophene rings is 1. The van der Waals surface area contributed by atoms with Crippen LogP contribution in [0.2, 0.25) is 0 Å². The van der Waals surface area contributed by atoms with Gasteiger partial charge in [-0.15, -0.1) is 11.3 Å². The highest BCUT2D eigenvalue weighted by atomic mass is 32.1. The first-order valence-corrected chi connectivity index (χ1v) is 19.6. The number of hydrogen-bond acceptors (Lipinski definition) is 5. The molecule has 12 aromatic rings. The summed E-state index contributed by atoms with van der Waals surface area (Å²) in [4.78, 5) is 15.2. The van der Waals surface area contributed by atoms with Gasteiger partial charge in [-0.25, -0.2) is 15.0 Å². The Balaban J connectivity index is 1.01. The fourth-order valence-corrected chi connectivity index (χ4v) is 9.73. The molecule has 0 saturated heterocycles. The van der Waals surface area contributed by atoms with Gasteiger partial charge in [0.1, 0.15) is 11.2 Å². The van der Waals surface area contributed by atoms with Gasteiger partial charge in [-0.05, 0) is 73.8 Å². The molecular weight excluding hydrogens is 703 g/mol. The molecule has 260 valence electrons. The van der Waals surface area contributed by atoms with Crippen LogP contribution in [0.5, 0.6) is 0 Å². The molecule has 12 rings (SSSR count). The van der Waals surface area contributed by atoms with Gasteiger partial charge in [-0.3, -0.25) is 0 Å². The lowest BCUT2D eigenvalue weighted by Gasteiger charge is -2.12. The van der Waals surface area contributed by atoms with E-state index in [0.29, 0.717) is 17.5 Å². The van der Waals surface area contributed by atoms with Crippen LogP contribution in [-0.2, 0) is 0 Å². The average molecular weight is 732 g/mol. The van der Waals surface area contributed by atoms with Gasteiger partial charge < -0.3 is 4.42 Å². The summed E-state index contributed by atoms with van der Waals surface area (Å²) >= 11 is 1.82. The minimum atomic E-state index is 0.603. The Kier molecular flexibility index (Phi) is 6.76. The third-order valence-electron chi connectivity index (χ3n) is 11.1. The Hall–Kier alpha value is -7.21. The zero-order chi connectivity index (χ0) is 36.7. The number of benzene rings is 9. The van der Waals surface area contributed by atoms with Crippen LogP contribution in [0.4, 0.5) is 0 Å². The molecule has 3 aromatic heterocycles. The van der Waals surface area contributed by atoms with Crippen LogP contribution >= 0.6 is 11.3 Å². The number of rotatable bonds is 4. The Morgan fingerprint density at radius 1 is 0.321 bits per heavy atom. The van der Waals surface area contributed by atoms with E-state index in [1.165, 1.54) is 63.6 Å². The monoisotopic (exact) mass is 731 g/mol. The minimum Gasteiger partial charge on any atom is -0.456 e. The molecule has 0 amide bonds. The number of para-hydroxylation sites is 1. The number of aromatic nitrogens is 3. The van der Waals surface area contributed by atoms with Crippen LogP contribution in [0, 0.1) is 0 Å². The van der Waals surface area contributed by atoms with Gasteiger partial charge in [0.25, 0.3) is 0 Å². The van der Waals surface area contributed by atoms with Crippen LogP contribution in [0.3, 0.4) is 0 Å². The van der Waals surface area contributed by atoms with E-state index in [9.17, 15) is 0 Å². The van der Waals surface area contributed by atoms with Crippen molar-refractivity contribution in [3.05, 3.63) is 176 Å². The fraction of sp³-hybridized carbons (Fsp3) is 0. The predicted molar refractivity (Wildman–Crippen MR) is 234 cm³/mol. The quantitative estimate of drug-likeness (QED) is 0.169. The van der Waals surface area contributed by atoms with E-state index >= 15 is 0 Å². The van der Waals surface area contributed by atoms with Gasteiger partial charge in [0.15, 0.2) is 17.5 Å². The fourth-order valence-electron chi connectivity index (χ4n) is 8.46. The smallest absolute Gasteiger partial charge is 0.164 e. The van der Waals surface area contributed by atoms with E-state index in [0.717, 1.165) is 38.6 Å². The molecule has 5 heteroatoms. The zero-order valence-electron chi connectivity index (χ0n) is 29.9. The zero-order valence-corrected chi connectivity index (χ0v) is 30.7. The van der Waals surface area contributed by atoms with Crippen molar-refractivity contribution in [3.8, 4) is 45.3 Å². The number of fused-ring (bicyclic) bond motifs is 12. The summed E-state index contributed by atoms with van der Waals surface area (Å²) in [5.41, 5.74) is 6.88. The van der Waals surface area contributed by atoms with Gasteiger partial charge in [0.2, 0.25) is 0 Å². The summed E-state index contributed by atoms with van der Waals surface area (Å²) in [6.45, 7) is 0. The maximum absolute atomic E-state index is 6.25. The maximum Gasteiger partial charge on any atom is 0.164 e. The van der Waals surface area contributed by atoms with Gasteiger partial charge in [-0.1, -0.05) is 146 Å². The summed E-state index contributed by atoms with van der Waals surface area (Å²) < 4.78 is 8.71. The third-order valence-corrected chi connectivity index (χ3v) is 12.3. The first kappa shape index (κ1) is 31.2. The topological polar surface area (TPSA) is 51.8 Å². The molecule has 0 fully saturated rings. The van der Waals surface area contributed by atoms with E-state index in [4.69, 9.17) is 19.4 Å². The second-order valence-electron chi connectivity index (χ2n) is 14.3. The van der Waals surface area contributed by atoms with Gasteiger partial charge in [0.05, 0.1) is 0 Å². The van der Waals surface area contributed by atoms with Crippen molar-refractivity contribution in [1.29, 1.82) is 0 Å². The molecule has 0 bridgehead atoms. The molecule has 0 aliphatic heterocycles. The van der Waals surface area contributed by atoms with Crippen LogP contribution < -0.4 is 0 Å². The second-order valence-corrected chi connectivity index (χ2v) is 15.4. The van der Waals surface area contributed by atoms with Crippen LogP contribution in [0.25, 0.3) is 120 Å². The molecule has 0 atom stereocenters. The van der Waals surface area contributed by atoms with Crippen molar-refractivity contribution in [1.82, 2.24) is 15.0 Å². The first-order valence-electron chi connectivity index (χ1n) is 18.8. The summed E-state index contributed by atoms with van der Waals surface area (Å²) in [6.07, 6.45) is 0. The molecule has 0 spiro atoms. The van der Waals surface area contributed by atoms with Gasteiger partial charge >= 0.3 is 0 Å². The van der Waals surface area contributed by atoms with Crippen molar-refractivity contribution >= 4 is 85.8 Å². The highest BCUT2D eigenvalue weighted by Crippen LogP contribution is 2.43. The van der Waals surface area contributed by atoms with Crippen molar-refractivity contribution in [2.45, 2.75) is 0 Å². The normalized spacial score (nSPS) is 11.9. The lowest BCUT2D eigenvalue weighted by molar-refractivity contribution is 0.669. The van der Waals surface area contributed by atoms with Crippen LogP contribution in [0.1, 0.15) is 0 Å². The Morgan fingerprint density at radius 3 is 1.57 bits per heavy atom. The van der Waals surface area contributed by atoms with E-state index in [1.807, 2.05) is 65.9 Å². The number of nitrogens with zero attached hydrogens (tertiary/aromatic N) is 3. The molecule has 0 saturated carbocycles. The molecule has 0 aliphatic carbocycles. The second kappa shape index (κ2) is 12.2. The highest BCUT2D eigenvalue weighted by Gasteiger charge is 2.17. The predicted octanol–water partition coefficient (Wildman–Crippen LogP) is 14.3.